The van der Waals surface area contributed by atoms with Crippen LogP contribution in [-0.4, -0.2) is 13.1 Å². The van der Waals surface area contributed by atoms with Crippen molar-refractivity contribution < 1.29 is 4.39 Å². The molecule has 0 amide bonds. The molecule has 0 aliphatic carbocycles. The van der Waals surface area contributed by atoms with Gasteiger partial charge in [-0.05, 0) is 53.3 Å². The van der Waals surface area contributed by atoms with Crippen LogP contribution >= 0.6 is 0 Å². The number of anilines is 1. The number of nitrogens with zero attached hydrogens (tertiary/aromatic N) is 1. The van der Waals surface area contributed by atoms with Gasteiger partial charge in [0, 0.05) is 18.8 Å². The lowest BCUT2D eigenvalue weighted by Crippen LogP contribution is -2.29. The summed E-state index contributed by atoms with van der Waals surface area (Å²) in [6.45, 7) is 1.82. The number of hydrogen-bond donors (Lipinski definition) is 0. The molecule has 1 heterocycles. The minimum absolute atomic E-state index is 0.143. The Labute approximate surface area is 154 Å². The van der Waals surface area contributed by atoms with Crippen molar-refractivity contribution in [1.82, 2.24) is 0 Å². The molecule has 0 atom stereocenters. The van der Waals surface area contributed by atoms with E-state index in [0.717, 1.165) is 37.2 Å². The van der Waals surface area contributed by atoms with E-state index in [0.29, 0.717) is 0 Å². The number of rotatable bonds is 4. The Morgan fingerprint density at radius 1 is 0.885 bits per heavy atom. The highest BCUT2D eigenvalue weighted by Crippen LogP contribution is 2.29. The molecule has 4 rings (SSSR count). The Morgan fingerprint density at radius 2 is 1.54 bits per heavy atom. The summed E-state index contributed by atoms with van der Waals surface area (Å²) in [6, 6.07) is 26.2. The third kappa shape index (κ3) is 3.55. The number of halogens is 1. The highest BCUT2D eigenvalue weighted by molar-refractivity contribution is 5.80. The molecule has 26 heavy (non-hydrogen) atoms. The van der Waals surface area contributed by atoms with Crippen molar-refractivity contribution in [3.63, 3.8) is 0 Å². The van der Waals surface area contributed by atoms with E-state index in [1.807, 2.05) is 18.2 Å². The monoisotopic (exact) mass is 343 g/mol. The summed E-state index contributed by atoms with van der Waals surface area (Å²) < 4.78 is 13.5. The Hall–Kier alpha value is -2.87. The predicted octanol–water partition coefficient (Wildman–Crippen LogP) is 5.71. The van der Waals surface area contributed by atoms with E-state index in [4.69, 9.17) is 0 Å². The molecule has 1 aliphatic rings. The maximum atomic E-state index is 13.5. The molecule has 0 unspecified atom stereocenters. The lowest BCUT2D eigenvalue weighted by Gasteiger charge is -2.30. The summed E-state index contributed by atoms with van der Waals surface area (Å²) in [4.78, 5) is 2.35. The maximum Gasteiger partial charge on any atom is 0.123 e. The lowest BCUT2D eigenvalue weighted by atomic mass is 9.97. The van der Waals surface area contributed by atoms with Crippen LogP contribution in [0.3, 0.4) is 0 Å². The highest BCUT2D eigenvalue weighted by atomic mass is 19.1. The average Bonchev–Trinajstić information content (AvgIpc) is 2.69. The quantitative estimate of drug-likeness (QED) is 0.586. The third-order valence-corrected chi connectivity index (χ3v) is 4.94. The van der Waals surface area contributed by atoms with Crippen molar-refractivity contribution in [2.75, 3.05) is 18.0 Å². The van der Waals surface area contributed by atoms with Crippen molar-refractivity contribution in [3.05, 3.63) is 107 Å². The molecule has 3 aromatic rings. The van der Waals surface area contributed by atoms with E-state index in [9.17, 15) is 4.39 Å². The second-order valence-electron chi connectivity index (χ2n) is 6.67. The fraction of sp³-hybridized carbons (Fsp3) is 0.167. The molecule has 0 bridgehead atoms. The van der Waals surface area contributed by atoms with Gasteiger partial charge in [-0.3, -0.25) is 0 Å². The first-order valence-electron chi connectivity index (χ1n) is 9.15. The molecule has 1 aliphatic heterocycles. The van der Waals surface area contributed by atoms with Gasteiger partial charge < -0.3 is 4.90 Å². The van der Waals surface area contributed by atoms with Crippen LogP contribution in [0.4, 0.5) is 10.1 Å². The van der Waals surface area contributed by atoms with Gasteiger partial charge in [0.2, 0.25) is 0 Å². The normalized spacial score (nSPS) is 13.2. The van der Waals surface area contributed by atoms with Crippen molar-refractivity contribution >= 4 is 11.3 Å². The number of aryl methyl sites for hydroxylation is 1. The number of benzene rings is 3. The Morgan fingerprint density at radius 3 is 2.19 bits per heavy atom. The number of fused-ring (bicyclic) bond motifs is 1. The van der Waals surface area contributed by atoms with E-state index >= 15 is 0 Å². The zero-order valence-corrected chi connectivity index (χ0v) is 14.7. The zero-order valence-electron chi connectivity index (χ0n) is 14.7. The molecule has 3 aromatic carbocycles. The molecule has 0 aromatic heterocycles. The van der Waals surface area contributed by atoms with E-state index in [-0.39, 0.29) is 5.82 Å². The molecule has 0 radical (unpaired) electrons. The average molecular weight is 343 g/mol. The van der Waals surface area contributed by atoms with Gasteiger partial charge in [0.15, 0.2) is 0 Å². The van der Waals surface area contributed by atoms with Crippen molar-refractivity contribution in [2.24, 2.45) is 0 Å². The summed E-state index contributed by atoms with van der Waals surface area (Å²) in [5.41, 5.74) is 5.95. The topological polar surface area (TPSA) is 3.24 Å². The molecule has 0 N–H and O–H groups in total. The molecular formula is C24H22FN. The molecule has 0 spiro atoms. The molecule has 130 valence electrons. The third-order valence-electron chi connectivity index (χ3n) is 4.94. The van der Waals surface area contributed by atoms with Crippen molar-refractivity contribution in [3.8, 4) is 0 Å². The summed E-state index contributed by atoms with van der Waals surface area (Å²) in [6.07, 6.45) is 4.32. The van der Waals surface area contributed by atoms with Crippen LogP contribution in [0.15, 0.2) is 84.9 Å². The van der Waals surface area contributed by atoms with Gasteiger partial charge in [0.05, 0.1) is 0 Å². The second-order valence-corrected chi connectivity index (χ2v) is 6.67. The Bertz CT molecular complexity index is 859. The fourth-order valence-electron chi connectivity index (χ4n) is 3.67. The van der Waals surface area contributed by atoms with Gasteiger partial charge in [-0.25, -0.2) is 4.39 Å². The van der Waals surface area contributed by atoms with Crippen LogP contribution < -0.4 is 4.90 Å². The van der Waals surface area contributed by atoms with Crippen molar-refractivity contribution in [2.45, 2.75) is 12.8 Å². The Balaban J connectivity index is 1.67. The highest BCUT2D eigenvalue weighted by Gasteiger charge is 2.17. The minimum atomic E-state index is -0.143. The van der Waals surface area contributed by atoms with E-state index < -0.39 is 0 Å². The van der Waals surface area contributed by atoms with Gasteiger partial charge in [-0.2, -0.15) is 0 Å². The van der Waals surface area contributed by atoms with Crippen molar-refractivity contribution in [1.29, 1.82) is 0 Å². The van der Waals surface area contributed by atoms with Crippen LogP contribution in [0, 0.1) is 5.82 Å². The van der Waals surface area contributed by atoms with Crippen LogP contribution in [0.2, 0.25) is 0 Å². The SMILES string of the molecule is Fc1ccc2c(c1)CCCN2CC=C(c1ccccc1)c1ccccc1. The number of hydrogen-bond acceptors (Lipinski definition) is 1. The molecular weight excluding hydrogens is 321 g/mol. The van der Waals surface area contributed by atoms with Gasteiger partial charge in [-0.1, -0.05) is 66.7 Å². The van der Waals surface area contributed by atoms with Gasteiger partial charge in [0.25, 0.3) is 0 Å². The lowest BCUT2D eigenvalue weighted by molar-refractivity contribution is 0.620. The maximum absolute atomic E-state index is 13.5. The van der Waals surface area contributed by atoms with Gasteiger partial charge >= 0.3 is 0 Å². The van der Waals surface area contributed by atoms with Crippen LogP contribution in [0.5, 0.6) is 0 Å². The first-order chi connectivity index (χ1) is 12.8. The molecule has 1 nitrogen and oxygen atoms in total. The standard InChI is InChI=1S/C24H22FN/c25-22-13-14-24-21(18-22)12-7-16-26(24)17-15-23(19-8-3-1-4-9-19)20-10-5-2-6-11-20/h1-6,8-11,13-15,18H,7,12,16-17H2. The summed E-state index contributed by atoms with van der Waals surface area (Å²) in [7, 11) is 0. The largest absolute Gasteiger partial charge is 0.368 e. The van der Waals surface area contributed by atoms with E-state index in [1.54, 1.807) is 12.1 Å². The van der Waals surface area contributed by atoms with Crippen LogP contribution in [0.1, 0.15) is 23.1 Å². The van der Waals surface area contributed by atoms with Gasteiger partial charge in [-0.15, -0.1) is 0 Å². The smallest absolute Gasteiger partial charge is 0.123 e. The van der Waals surface area contributed by atoms with E-state index in [2.05, 4.69) is 59.5 Å². The van der Waals surface area contributed by atoms with Gasteiger partial charge in [0.1, 0.15) is 5.82 Å². The molecule has 0 saturated heterocycles. The summed E-state index contributed by atoms with van der Waals surface area (Å²) in [5.74, 6) is -0.143. The Kier molecular flexibility index (Phi) is 4.83. The zero-order chi connectivity index (χ0) is 17.8. The minimum Gasteiger partial charge on any atom is -0.368 e. The second kappa shape index (κ2) is 7.57. The van der Waals surface area contributed by atoms with Crippen LogP contribution in [0.25, 0.3) is 5.57 Å². The van der Waals surface area contributed by atoms with Crippen LogP contribution in [-0.2, 0) is 6.42 Å². The first-order valence-corrected chi connectivity index (χ1v) is 9.15. The summed E-state index contributed by atoms with van der Waals surface area (Å²) >= 11 is 0. The molecule has 0 saturated carbocycles. The van der Waals surface area contributed by atoms with E-state index in [1.165, 1.54) is 16.7 Å². The summed E-state index contributed by atoms with van der Waals surface area (Å²) in [5, 5.41) is 0. The fourth-order valence-corrected chi connectivity index (χ4v) is 3.67. The molecule has 2 heteroatoms. The first kappa shape index (κ1) is 16.6. The molecule has 0 fully saturated rings. The predicted molar refractivity (Wildman–Crippen MR) is 107 cm³/mol.